The van der Waals surface area contributed by atoms with Gasteiger partial charge in [0.25, 0.3) is 0 Å². The molecule has 6 nitrogen and oxygen atoms in total. The van der Waals surface area contributed by atoms with Gasteiger partial charge in [-0.3, -0.25) is 9.59 Å². The molecular weight excluding hydrogens is 260 g/mol. The van der Waals surface area contributed by atoms with E-state index < -0.39 is 17.9 Å². The molecule has 7 heteroatoms. The summed E-state index contributed by atoms with van der Waals surface area (Å²) in [5.74, 6) is -2.66. The summed E-state index contributed by atoms with van der Waals surface area (Å²) < 4.78 is 9.65. The first-order valence-electron chi connectivity index (χ1n) is 5.41. The highest BCUT2D eigenvalue weighted by Gasteiger charge is 2.32. The predicted molar refractivity (Wildman–Crippen MR) is 63.0 cm³/mol. The molecule has 0 aliphatic rings. The molecule has 0 aliphatic heterocycles. The first kappa shape index (κ1) is 14.4. The molecule has 0 bridgehead atoms. The minimum atomic E-state index is -1.23. The van der Waals surface area contributed by atoms with Gasteiger partial charge in [0.05, 0.1) is 18.9 Å². The van der Waals surface area contributed by atoms with E-state index in [0.29, 0.717) is 0 Å². The number of esters is 2. The van der Waals surface area contributed by atoms with Crippen LogP contribution in [0.2, 0.25) is 5.28 Å². The van der Waals surface area contributed by atoms with Crippen molar-refractivity contribution in [2.75, 3.05) is 13.2 Å². The van der Waals surface area contributed by atoms with Crippen molar-refractivity contribution in [3.8, 4) is 0 Å². The summed E-state index contributed by atoms with van der Waals surface area (Å²) in [7, 11) is 0. The minimum Gasteiger partial charge on any atom is -0.465 e. The van der Waals surface area contributed by atoms with E-state index >= 15 is 0 Å². The van der Waals surface area contributed by atoms with Crippen LogP contribution in [0.5, 0.6) is 0 Å². The van der Waals surface area contributed by atoms with Gasteiger partial charge in [0.1, 0.15) is 0 Å². The minimum absolute atomic E-state index is 0.0499. The summed E-state index contributed by atoms with van der Waals surface area (Å²) in [6, 6.07) is 1.42. The molecule has 0 atom stereocenters. The van der Waals surface area contributed by atoms with Gasteiger partial charge >= 0.3 is 11.9 Å². The van der Waals surface area contributed by atoms with Gasteiger partial charge in [-0.1, -0.05) is 0 Å². The second kappa shape index (κ2) is 6.90. The lowest BCUT2D eigenvalue weighted by molar-refractivity contribution is -0.157. The SMILES string of the molecule is CCOC(=O)C(C(=O)OCC)c1ccnc(Cl)n1. The van der Waals surface area contributed by atoms with Crippen LogP contribution in [-0.4, -0.2) is 35.1 Å². The Kier molecular flexibility index (Phi) is 5.51. The number of halogens is 1. The van der Waals surface area contributed by atoms with Crippen LogP contribution in [0.1, 0.15) is 25.5 Å². The fourth-order valence-corrected chi connectivity index (χ4v) is 1.45. The largest absolute Gasteiger partial charge is 0.465 e. The molecule has 0 aliphatic carbocycles. The monoisotopic (exact) mass is 272 g/mol. The number of ether oxygens (including phenoxy) is 2. The van der Waals surface area contributed by atoms with Gasteiger partial charge in [-0.05, 0) is 31.5 Å². The van der Waals surface area contributed by atoms with Gasteiger partial charge in [0.15, 0.2) is 5.92 Å². The molecule has 1 aromatic rings. The summed E-state index contributed by atoms with van der Waals surface area (Å²) in [6.07, 6.45) is 1.36. The first-order chi connectivity index (χ1) is 8.60. The van der Waals surface area contributed by atoms with Crippen molar-refractivity contribution in [1.82, 2.24) is 9.97 Å². The Morgan fingerprint density at radius 3 is 2.28 bits per heavy atom. The smallest absolute Gasteiger partial charge is 0.326 e. The topological polar surface area (TPSA) is 78.4 Å². The Balaban J connectivity index is 3.03. The molecule has 0 amide bonds. The van der Waals surface area contributed by atoms with Gasteiger partial charge in [-0.25, -0.2) is 9.97 Å². The molecule has 1 rings (SSSR count). The molecule has 0 radical (unpaired) electrons. The third-order valence-corrected chi connectivity index (χ3v) is 2.17. The quantitative estimate of drug-likeness (QED) is 0.457. The Labute approximate surface area is 109 Å². The summed E-state index contributed by atoms with van der Waals surface area (Å²) in [5, 5.41) is -0.0499. The van der Waals surface area contributed by atoms with Crippen molar-refractivity contribution in [1.29, 1.82) is 0 Å². The van der Waals surface area contributed by atoms with E-state index in [0.717, 1.165) is 0 Å². The Bertz CT molecular complexity index is 421. The molecule has 1 heterocycles. The van der Waals surface area contributed by atoms with Crippen LogP contribution in [-0.2, 0) is 19.1 Å². The molecule has 0 spiro atoms. The van der Waals surface area contributed by atoms with Crippen molar-refractivity contribution < 1.29 is 19.1 Å². The molecule has 0 N–H and O–H groups in total. The Morgan fingerprint density at radius 1 is 1.28 bits per heavy atom. The van der Waals surface area contributed by atoms with Crippen LogP contribution in [0, 0.1) is 0 Å². The molecule has 98 valence electrons. The van der Waals surface area contributed by atoms with Crippen LogP contribution in [0.4, 0.5) is 0 Å². The maximum absolute atomic E-state index is 11.7. The van der Waals surface area contributed by atoms with Gasteiger partial charge in [0.2, 0.25) is 5.28 Å². The molecule has 0 fully saturated rings. The second-order valence-corrected chi connectivity index (χ2v) is 3.53. The van der Waals surface area contributed by atoms with Gasteiger partial charge in [0, 0.05) is 6.20 Å². The van der Waals surface area contributed by atoms with Gasteiger partial charge < -0.3 is 9.47 Å². The van der Waals surface area contributed by atoms with Crippen molar-refractivity contribution in [3.63, 3.8) is 0 Å². The lowest BCUT2D eigenvalue weighted by atomic mass is 10.1. The lowest BCUT2D eigenvalue weighted by Crippen LogP contribution is -2.27. The van der Waals surface area contributed by atoms with E-state index in [4.69, 9.17) is 21.1 Å². The van der Waals surface area contributed by atoms with Crippen LogP contribution in [0.3, 0.4) is 0 Å². The Morgan fingerprint density at radius 2 is 1.83 bits per heavy atom. The molecule has 18 heavy (non-hydrogen) atoms. The summed E-state index contributed by atoms with van der Waals surface area (Å²) in [6.45, 7) is 3.61. The number of hydrogen-bond donors (Lipinski definition) is 0. The second-order valence-electron chi connectivity index (χ2n) is 3.19. The molecule has 0 saturated heterocycles. The maximum atomic E-state index is 11.7. The normalized spacial score (nSPS) is 10.2. The third-order valence-electron chi connectivity index (χ3n) is 1.99. The van der Waals surface area contributed by atoms with Crippen LogP contribution < -0.4 is 0 Å². The summed E-state index contributed by atoms with van der Waals surface area (Å²) >= 11 is 5.63. The average molecular weight is 273 g/mol. The van der Waals surface area contributed by atoms with E-state index in [9.17, 15) is 9.59 Å². The van der Waals surface area contributed by atoms with E-state index in [1.54, 1.807) is 13.8 Å². The zero-order chi connectivity index (χ0) is 13.5. The number of carbonyl (C=O) groups is 2. The molecule has 1 aromatic heterocycles. The lowest BCUT2D eigenvalue weighted by Gasteiger charge is -2.13. The predicted octanol–water partition coefficient (Wildman–Crippen LogP) is 1.34. The van der Waals surface area contributed by atoms with Crippen molar-refractivity contribution >= 4 is 23.5 Å². The summed E-state index contributed by atoms with van der Waals surface area (Å²) in [5.41, 5.74) is 0.159. The third kappa shape index (κ3) is 3.66. The number of rotatable bonds is 5. The van der Waals surface area contributed by atoms with Crippen LogP contribution in [0.25, 0.3) is 0 Å². The fourth-order valence-electron chi connectivity index (χ4n) is 1.30. The van der Waals surface area contributed by atoms with E-state index in [1.807, 2.05) is 0 Å². The van der Waals surface area contributed by atoms with E-state index in [-0.39, 0.29) is 24.2 Å². The number of hydrogen-bond acceptors (Lipinski definition) is 6. The van der Waals surface area contributed by atoms with E-state index in [1.165, 1.54) is 12.3 Å². The van der Waals surface area contributed by atoms with Crippen molar-refractivity contribution in [2.45, 2.75) is 19.8 Å². The zero-order valence-corrected chi connectivity index (χ0v) is 10.8. The fraction of sp³-hybridized carbons (Fsp3) is 0.455. The van der Waals surface area contributed by atoms with Crippen molar-refractivity contribution in [3.05, 3.63) is 23.2 Å². The number of carbonyl (C=O) groups excluding carboxylic acids is 2. The standard InChI is InChI=1S/C11H13ClN2O4/c1-3-17-9(15)8(10(16)18-4-2)7-5-6-13-11(12)14-7/h5-6,8H,3-4H2,1-2H3. The highest BCUT2D eigenvalue weighted by atomic mass is 35.5. The number of aromatic nitrogens is 2. The van der Waals surface area contributed by atoms with Crippen LogP contribution >= 0.6 is 11.6 Å². The first-order valence-corrected chi connectivity index (χ1v) is 5.79. The number of nitrogens with zero attached hydrogens (tertiary/aromatic N) is 2. The van der Waals surface area contributed by atoms with E-state index in [2.05, 4.69) is 9.97 Å². The van der Waals surface area contributed by atoms with Gasteiger partial charge in [-0.15, -0.1) is 0 Å². The molecule has 0 unspecified atom stereocenters. The average Bonchev–Trinajstić information content (AvgIpc) is 2.30. The van der Waals surface area contributed by atoms with Gasteiger partial charge in [-0.2, -0.15) is 0 Å². The van der Waals surface area contributed by atoms with Crippen molar-refractivity contribution in [2.24, 2.45) is 0 Å². The highest BCUT2D eigenvalue weighted by Crippen LogP contribution is 2.18. The Hall–Kier alpha value is -1.69. The van der Waals surface area contributed by atoms with Crippen LogP contribution in [0.15, 0.2) is 12.3 Å². The zero-order valence-electron chi connectivity index (χ0n) is 10.1. The summed E-state index contributed by atoms with van der Waals surface area (Å²) in [4.78, 5) is 31.0. The molecular formula is C11H13ClN2O4. The molecule has 0 aromatic carbocycles. The maximum Gasteiger partial charge on any atom is 0.326 e. The highest BCUT2D eigenvalue weighted by molar-refractivity contribution is 6.28. The molecule has 0 saturated carbocycles.